The van der Waals surface area contributed by atoms with Crippen LogP contribution < -0.4 is 5.11 Å². The molecule has 4 nitrogen and oxygen atoms in total. The fourth-order valence-corrected chi connectivity index (χ4v) is 2.19. The van der Waals surface area contributed by atoms with Crippen molar-refractivity contribution in [2.45, 2.75) is 57.3 Å². The van der Waals surface area contributed by atoms with E-state index in [0.717, 1.165) is 12.8 Å². The van der Waals surface area contributed by atoms with Crippen molar-refractivity contribution in [2.75, 3.05) is 0 Å². The lowest BCUT2D eigenvalue weighted by Gasteiger charge is -1.98. The van der Waals surface area contributed by atoms with Crippen LogP contribution in [0.4, 0.5) is 0 Å². The third kappa shape index (κ3) is 12.2. The molecule has 142 valence electrons. The number of ether oxygens (including phenoxy) is 1. The number of rotatable bonds is 13. The number of carbonyl (C=O) groups is 1. The number of aliphatic hydroxyl groups excluding tert-OH is 1. The van der Waals surface area contributed by atoms with Gasteiger partial charge >= 0.3 is 0 Å². The molecule has 2 unspecified atom stereocenters. The largest absolute Gasteiger partial charge is 0.550 e. The number of aliphatic carboxylic acids is 1. The molecule has 1 aliphatic heterocycles. The summed E-state index contributed by atoms with van der Waals surface area (Å²) in [7, 11) is 0. The van der Waals surface area contributed by atoms with Gasteiger partial charge in [0.2, 0.25) is 0 Å². The van der Waals surface area contributed by atoms with E-state index in [0.29, 0.717) is 12.8 Å². The van der Waals surface area contributed by atoms with Gasteiger partial charge in [-0.05, 0) is 32.1 Å². The van der Waals surface area contributed by atoms with Crippen LogP contribution in [0.2, 0.25) is 0 Å². The summed E-state index contributed by atoms with van der Waals surface area (Å²) in [5, 5.41) is 20.0. The molecule has 0 spiro atoms. The van der Waals surface area contributed by atoms with Crippen molar-refractivity contribution in [1.82, 2.24) is 0 Å². The van der Waals surface area contributed by atoms with Crippen LogP contribution in [0, 0.1) is 0 Å². The van der Waals surface area contributed by atoms with E-state index >= 15 is 0 Å². The first-order chi connectivity index (χ1) is 12.6. The molecule has 1 saturated heterocycles. The number of carboxylic acid groups (broad SMARTS) is 1. The minimum Gasteiger partial charge on any atom is -0.550 e. The standard InChI is InChI=1S/C22H30O4/c1-2-3-11-14-19(23)15-12-9-7-5-4-6-8-10-13-16-20-21(26-20)17-18-22(24)25/h3-4,6-13,15-16,19-21,23H,2,5,14,17-18H2,1H3,(H,24,25)/p-1/b6-4-,9-7-,10-8+,11-3-,15-12+,16-13+/t19-,20?,21?/m1/s1. The highest BCUT2D eigenvalue weighted by atomic mass is 16.6. The van der Waals surface area contributed by atoms with Crippen molar-refractivity contribution in [3.05, 3.63) is 72.9 Å². The van der Waals surface area contributed by atoms with Crippen molar-refractivity contribution in [3.8, 4) is 0 Å². The van der Waals surface area contributed by atoms with Crippen LogP contribution in [0.1, 0.15) is 39.0 Å². The third-order valence-corrected chi connectivity index (χ3v) is 3.66. The minimum absolute atomic E-state index is 0.0208. The predicted molar refractivity (Wildman–Crippen MR) is 103 cm³/mol. The molecule has 1 fully saturated rings. The first-order valence-electron chi connectivity index (χ1n) is 9.15. The van der Waals surface area contributed by atoms with Gasteiger partial charge in [0.1, 0.15) is 6.10 Å². The molecule has 1 heterocycles. The number of hydrogen-bond donors (Lipinski definition) is 1. The van der Waals surface area contributed by atoms with Crippen LogP contribution in [0.25, 0.3) is 0 Å². The molecule has 1 rings (SSSR count). The van der Waals surface area contributed by atoms with Gasteiger partial charge in [-0.3, -0.25) is 0 Å². The maximum Gasteiger partial charge on any atom is 0.103 e. The second kappa shape index (κ2) is 14.0. The first kappa shape index (κ1) is 21.9. The first-order valence-corrected chi connectivity index (χ1v) is 9.15. The van der Waals surface area contributed by atoms with Gasteiger partial charge in [0, 0.05) is 5.97 Å². The Bertz CT molecular complexity index is 567. The summed E-state index contributed by atoms with van der Waals surface area (Å²) in [6.45, 7) is 2.07. The highest BCUT2D eigenvalue weighted by Gasteiger charge is 2.35. The van der Waals surface area contributed by atoms with E-state index in [1.165, 1.54) is 0 Å². The van der Waals surface area contributed by atoms with Gasteiger partial charge in [0.05, 0.1) is 12.2 Å². The van der Waals surface area contributed by atoms with Gasteiger partial charge in [-0.1, -0.05) is 79.8 Å². The Hall–Kier alpha value is -2.17. The summed E-state index contributed by atoms with van der Waals surface area (Å²) in [6.07, 6.45) is 26.0. The van der Waals surface area contributed by atoms with Crippen molar-refractivity contribution >= 4 is 5.97 Å². The molecule has 26 heavy (non-hydrogen) atoms. The van der Waals surface area contributed by atoms with Crippen molar-refractivity contribution in [1.29, 1.82) is 0 Å². The molecule has 0 radical (unpaired) electrons. The maximum atomic E-state index is 10.3. The summed E-state index contributed by atoms with van der Waals surface area (Å²) in [5.41, 5.74) is 0. The van der Waals surface area contributed by atoms with E-state index in [-0.39, 0.29) is 18.6 Å². The van der Waals surface area contributed by atoms with Gasteiger partial charge in [0.25, 0.3) is 0 Å². The van der Waals surface area contributed by atoms with Crippen LogP contribution in [0.15, 0.2) is 72.9 Å². The molecule has 0 saturated carbocycles. The number of carboxylic acids is 1. The number of allylic oxidation sites excluding steroid dienone is 9. The molecule has 0 bridgehead atoms. The van der Waals surface area contributed by atoms with Crippen molar-refractivity contribution < 1.29 is 19.7 Å². The number of epoxide rings is 1. The van der Waals surface area contributed by atoms with Crippen LogP contribution in [0.5, 0.6) is 0 Å². The predicted octanol–water partition coefficient (Wildman–Crippen LogP) is 3.17. The lowest BCUT2D eigenvalue weighted by atomic mass is 10.2. The summed E-state index contributed by atoms with van der Waals surface area (Å²) < 4.78 is 5.33. The maximum absolute atomic E-state index is 10.3. The zero-order valence-corrected chi connectivity index (χ0v) is 15.4. The molecular weight excluding hydrogens is 328 g/mol. The topological polar surface area (TPSA) is 72.9 Å². The second-order valence-corrected chi connectivity index (χ2v) is 5.98. The average molecular weight is 357 g/mol. The summed E-state index contributed by atoms with van der Waals surface area (Å²) in [6, 6.07) is 0. The van der Waals surface area contributed by atoms with Crippen molar-refractivity contribution in [3.63, 3.8) is 0 Å². The van der Waals surface area contributed by atoms with Crippen LogP contribution in [0.3, 0.4) is 0 Å². The second-order valence-electron chi connectivity index (χ2n) is 5.98. The Morgan fingerprint density at radius 2 is 1.81 bits per heavy atom. The van der Waals surface area contributed by atoms with Gasteiger partial charge in [-0.15, -0.1) is 0 Å². The number of aliphatic hydroxyl groups is 1. The van der Waals surface area contributed by atoms with Gasteiger partial charge in [-0.25, -0.2) is 0 Å². The molecule has 0 aromatic rings. The van der Waals surface area contributed by atoms with Crippen molar-refractivity contribution in [2.24, 2.45) is 0 Å². The van der Waals surface area contributed by atoms with Crippen LogP contribution in [-0.2, 0) is 9.53 Å². The molecule has 0 aliphatic carbocycles. The molecule has 0 aromatic carbocycles. The van der Waals surface area contributed by atoms with Crippen LogP contribution >= 0.6 is 0 Å². The Kier molecular flexibility index (Phi) is 11.8. The van der Waals surface area contributed by atoms with Gasteiger partial charge < -0.3 is 19.7 Å². The Balaban J connectivity index is 2.08. The highest BCUT2D eigenvalue weighted by molar-refractivity contribution is 5.64. The summed E-state index contributed by atoms with van der Waals surface area (Å²) in [4.78, 5) is 10.3. The lowest BCUT2D eigenvalue weighted by Crippen LogP contribution is -2.22. The zero-order chi connectivity index (χ0) is 19.0. The third-order valence-electron chi connectivity index (χ3n) is 3.66. The highest BCUT2D eigenvalue weighted by Crippen LogP contribution is 2.27. The number of hydrogen-bond acceptors (Lipinski definition) is 4. The van der Waals surface area contributed by atoms with E-state index in [4.69, 9.17) is 4.74 Å². The average Bonchev–Trinajstić information content (AvgIpc) is 3.36. The lowest BCUT2D eigenvalue weighted by molar-refractivity contribution is -0.305. The smallest absolute Gasteiger partial charge is 0.103 e. The fraction of sp³-hybridized carbons (Fsp3) is 0.409. The monoisotopic (exact) mass is 357 g/mol. The molecule has 1 N–H and O–H groups in total. The molecule has 3 atom stereocenters. The SMILES string of the molecule is CC/C=C\C[C@@H](O)/C=C/C=C\C\C=C/C=C/C=C/C1OC1CCC(=O)[O-]. The summed E-state index contributed by atoms with van der Waals surface area (Å²) in [5.74, 6) is -1.03. The quantitative estimate of drug-likeness (QED) is 0.312. The van der Waals surface area contributed by atoms with E-state index < -0.39 is 12.1 Å². The van der Waals surface area contributed by atoms with E-state index in [1.807, 2.05) is 66.8 Å². The zero-order valence-electron chi connectivity index (χ0n) is 15.4. The Morgan fingerprint density at radius 3 is 2.54 bits per heavy atom. The summed E-state index contributed by atoms with van der Waals surface area (Å²) >= 11 is 0. The van der Waals surface area contributed by atoms with Crippen LogP contribution in [-0.4, -0.2) is 29.4 Å². The molecule has 4 heteroatoms. The molecular formula is C22H29O4-. The van der Waals surface area contributed by atoms with Gasteiger partial charge in [-0.2, -0.15) is 0 Å². The Labute approximate surface area is 156 Å². The fourth-order valence-electron chi connectivity index (χ4n) is 2.19. The molecule has 1 aliphatic rings. The molecule has 0 aromatic heterocycles. The molecule has 0 amide bonds. The van der Waals surface area contributed by atoms with E-state index in [1.54, 1.807) is 6.08 Å². The van der Waals surface area contributed by atoms with E-state index in [9.17, 15) is 15.0 Å². The Morgan fingerprint density at radius 1 is 1.08 bits per heavy atom. The van der Waals surface area contributed by atoms with E-state index in [2.05, 4.69) is 6.92 Å². The van der Waals surface area contributed by atoms with Gasteiger partial charge in [0.15, 0.2) is 0 Å². The number of carbonyl (C=O) groups excluding carboxylic acids is 1. The normalized spacial score (nSPS) is 22.1. The minimum atomic E-state index is -1.03.